The zero-order chi connectivity index (χ0) is 26.6. The summed E-state index contributed by atoms with van der Waals surface area (Å²) >= 11 is 0. The Hall–Kier alpha value is -3.62. The molecule has 8 heteroatoms. The van der Waals surface area contributed by atoms with Gasteiger partial charge in [-0.3, -0.25) is 0 Å². The standard InChI is InChI=1S/C29H28O6S2/c1-4-36(30,31)29-20-27(37(32,33)26-15-13-24(34-3)14-16-26)17-18-28(29)35-25-11-9-23(10-12-25)19-22-7-5-21(2)6-8-22/h5-18,20H,4,19H2,1-3H3. The average molecular weight is 537 g/mol. The molecule has 0 aliphatic rings. The van der Waals surface area contributed by atoms with Crippen molar-refractivity contribution in [3.05, 3.63) is 108 Å². The van der Waals surface area contributed by atoms with E-state index in [1.165, 1.54) is 67.6 Å². The number of hydrogen-bond acceptors (Lipinski definition) is 6. The first-order chi connectivity index (χ1) is 17.6. The van der Waals surface area contributed by atoms with Crippen LogP contribution in [0, 0.1) is 6.92 Å². The summed E-state index contributed by atoms with van der Waals surface area (Å²) in [5.74, 6) is 0.833. The van der Waals surface area contributed by atoms with Gasteiger partial charge in [0.05, 0.1) is 22.7 Å². The molecule has 0 N–H and O–H groups in total. The smallest absolute Gasteiger partial charge is 0.206 e. The normalized spacial score (nSPS) is 11.8. The van der Waals surface area contributed by atoms with Crippen molar-refractivity contribution in [2.75, 3.05) is 12.9 Å². The largest absolute Gasteiger partial charge is 0.497 e. The van der Waals surface area contributed by atoms with E-state index in [2.05, 4.69) is 24.3 Å². The highest BCUT2D eigenvalue weighted by atomic mass is 32.2. The van der Waals surface area contributed by atoms with Gasteiger partial charge in [0, 0.05) is 0 Å². The van der Waals surface area contributed by atoms with Crippen LogP contribution in [0.25, 0.3) is 0 Å². The lowest BCUT2D eigenvalue weighted by Crippen LogP contribution is -2.09. The minimum atomic E-state index is -3.96. The minimum Gasteiger partial charge on any atom is -0.497 e. The van der Waals surface area contributed by atoms with Crippen molar-refractivity contribution < 1.29 is 26.3 Å². The highest BCUT2D eigenvalue weighted by Gasteiger charge is 2.25. The number of hydrogen-bond donors (Lipinski definition) is 0. The fraction of sp³-hybridized carbons (Fsp3) is 0.172. The first-order valence-electron chi connectivity index (χ1n) is 11.7. The third kappa shape index (κ3) is 6.03. The molecule has 0 heterocycles. The van der Waals surface area contributed by atoms with Crippen LogP contribution in [-0.2, 0) is 26.1 Å². The Balaban J connectivity index is 1.63. The maximum atomic E-state index is 13.2. The lowest BCUT2D eigenvalue weighted by molar-refractivity contribution is 0.414. The topological polar surface area (TPSA) is 86.7 Å². The van der Waals surface area contributed by atoms with E-state index < -0.39 is 19.7 Å². The van der Waals surface area contributed by atoms with E-state index in [4.69, 9.17) is 9.47 Å². The molecule has 0 unspecified atom stereocenters. The monoisotopic (exact) mass is 536 g/mol. The molecule has 0 aliphatic carbocycles. The Bertz CT molecular complexity index is 1590. The van der Waals surface area contributed by atoms with Crippen molar-refractivity contribution in [1.82, 2.24) is 0 Å². The molecular formula is C29H28O6S2. The van der Waals surface area contributed by atoms with Crippen LogP contribution in [0.1, 0.15) is 23.6 Å². The van der Waals surface area contributed by atoms with Crippen molar-refractivity contribution in [1.29, 1.82) is 0 Å². The number of ether oxygens (including phenoxy) is 2. The number of aryl methyl sites for hydroxylation is 1. The van der Waals surface area contributed by atoms with Gasteiger partial charge in [0.15, 0.2) is 9.84 Å². The molecule has 0 spiro atoms. The fourth-order valence-corrected chi connectivity index (χ4v) is 6.17. The molecule has 0 amide bonds. The highest BCUT2D eigenvalue weighted by molar-refractivity contribution is 7.92. The predicted molar refractivity (Wildman–Crippen MR) is 143 cm³/mol. The van der Waals surface area contributed by atoms with Gasteiger partial charge in [0.2, 0.25) is 9.84 Å². The van der Waals surface area contributed by atoms with Gasteiger partial charge in [-0.25, -0.2) is 16.8 Å². The molecule has 192 valence electrons. The lowest BCUT2D eigenvalue weighted by atomic mass is 10.0. The predicted octanol–water partition coefficient (Wildman–Crippen LogP) is 6.01. The maximum absolute atomic E-state index is 13.2. The second-order valence-electron chi connectivity index (χ2n) is 8.60. The van der Waals surface area contributed by atoms with Crippen LogP contribution in [0.5, 0.6) is 17.2 Å². The average Bonchev–Trinajstić information content (AvgIpc) is 2.91. The Labute approximate surface area is 218 Å². The van der Waals surface area contributed by atoms with Crippen molar-refractivity contribution in [2.45, 2.75) is 35.0 Å². The number of sulfone groups is 2. The first-order valence-corrected chi connectivity index (χ1v) is 14.8. The van der Waals surface area contributed by atoms with Gasteiger partial charge in [-0.05, 0) is 79.1 Å². The van der Waals surface area contributed by atoms with Crippen LogP contribution >= 0.6 is 0 Å². The summed E-state index contributed by atoms with van der Waals surface area (Å²) in [6, 6.07) is 25.5. The Morgan fingerprint density at radius 2 is 1.22 bits per heavy atom. The van der Waals surface area contributed by atoms with Gasteiger partial charge in [0.25, 0.3) is 0 Å². The van der Waals surface area contributed by atoms with Crippen LogP contribution in [0.15, 0.2) is 106 Å². The Morgan fingerprint density at radius 3 is 1.78 bits per heavy atom. The summed E-state index contributed by atoms with van der Waals surface area (Å²) in [5, 5.41) is 0. The van der Waals surface area contributed by atoms with E-state index >= 15 is 0 Å². The molecule has 0 aliphatic heterocycles. The zero-order valence-corrected chi connectivity index (χ0v) is 22.5. The SMILES string of the molecule is CCS(=O)(=O)c1cc(S(=O)(=O)c2ccc(OC)cc2)ccc1Oc1ccc(Cc2ccc(C)cc2)cc1. The molecule has 0 aromatic heterocycles. The number of methoxy groups -OCH3 is 1. The molecule has 0 bridgehead atoms. The van der Waals surface area contributed by atoms with Crippen molar-refractivity contribution in [2.24, 2.45) is 0 Å². The van der Waals surface area contributed by atoms with E-state index in [0.29, 0.717) is 11.5 Å². The van der Waals surface area contributed by atoms with E-state index in [1.807, 2.05) is 19.1 Å². The van der Waals surface area contributed by atoms with Crippen LogP contribution in [0.3, 0.4) is 0 Å². The summed E-state index contributed by atoms with van der Waals surface area (Å²) in [6.07, 6.45) is 0.758. The fourth-order valence-electron chi connectivity index (χ4n) is 3.77. The van der Waals surface area contributed by atoms with Crippen molar-refractivity contribution >= 4 is 19.7 Å². The second-order valence-corrected chi connectivity index (χ2v) is 12.8. The van der Waals surface area contributed by atoms with E-state index in [-0.39, 0.29) is 26.2 Å². The van der Waals surface area contributed by atoms with Crippen LogP contribution in [0.4, 0.5) is 0 Å². The molecule has 0 fully saturated rings. The molecule has 0 atom stereocenters. The number of benzene rings is 4. The molecule has 37 heavy (non-hydrogen) atoms. The van der Waals surface area contributed by atoms with Crippen molar-refractivity contribution in [3.8, 4) is 17.2 Å². The van der Waals surface area contributed by atoms with Crippen LogP contribution in [0.2, 0.25) is 0 Å². The van der Waals surface area contributed by atoms with E-state index in [1.54, 1.807) is 12.1 Å². The summed E-state index contributed by atoms with van der Waals surface area (Å²) < 4.78 is 63.2. The molecule has 6 nitrogen and oxygen atoms in total. The first kappa shape index (κ1) is 26.4. The van der Waals surface area contributed by atoms with Crippen LogP contribution < -0.4 is 9.47 Å². The maximum Gasteiger partial charge on any atom is 0.206 e. The molecule has 0 saturated carbocycles. The molecule has 0 saturated heterocycles. The summed E-state index contributed by atoms with van der Waals surface area (Å²) in [6.45, 7) is 3.55. The van der Waals surface area contributed by atoms with E-state index in [0.717, 1.165) is 12.0 Å². The van der Waals surface area contributed by atoms with Gasteiger partial charge in [0.1, 0.15) is 22.1 Å². The van der Waals surface area contributed by atoms with Crippen LogP contribution in [-0.4, -0.2) is 29.7 Å². The van der Waals surface area contributed by atoms with Gasteiger partial charge >= 0.3 is 0 Å². The third-order valence-corrected chi connectivity index (χ3v) is 9.51. The summed E-state index contributed by atoms with van der Waals surface area (Å²) in [7, 11) is -6.26. The van der Waals surface area contributed by atoms with Crippen molar-refractivity contribution in [3.63, 3.8) is 0 Å². The molecule has 0 radical (unpaired) electrons. The lowest BCUT2D eigenvalue weighted by Gasteiger charge is -2.14. The molecule has 4 aromatic carbocycles. The quantitative estimate of drug-likeness (QED) is 0.260. The van der Waals surface area contributed by atoms with Gasteiger partial charge in [-0.15, -0.1) is 0 Å². The second kappa shape index (κ2) is 10.8. The molecular weight excluding hydrogens is 508 g/mol. The zero-order valence-electron chi connectivity index (χ0n) is 20.8. The third-order valence-electron chi connectivity index (χ3n) is 5.99. The summed E-state index contributed by atoms with van der Waals surface area (Å²) in [4.78, 5) is -0.273. The number of rotatable bonds is 9. The van der Waals surface area contributed by atoms with Gasteiger partial charge < -0.3 is 9.47 Å². The molecule has 4 rings (SSSR count). The van der Waals surface area contributed by atoms with Gasteiger partial charge in [-0.2, -0.15) is 0 Å². The van der Waals surface area contributed by atoms with Gasteiger partial charge in [-0.1, -0.05) is 48.9 Å². The highest BCUT2D eigenvalue weighted by Crippen LogP contribution is 2.34. The van der Waals surface area contributed by atoms with E-state index in [9.17, 15) is 16.8 Å². The molecule has 4 aromatic rings. The Morgan fingerprint density at radius 1 is 0.676 bits per heavy atom. The summed E-state index contributed by atoms with van der Waals surface area (Å²) in [5.41, 5.74) is 3.47. The minimum absolute atomic E-state index is 0.0333. The Kier molecular flexibility index (Phi) is 7.71.